The van der Waals surface area contributed by atoms with Crippen molar-refractivity contribution in [3.63, 3.8) is 0 Å². The standard InChI is InChI=1S/C21H23NO6S/c1-2-28-15-7-5-14(6-8-15)19(24)17-18(16-4-3-13-29-16)22(21(26)20(17)25)9-11-27-12-10-23/h3-8,13,18,23-24H,2,9-12H2,1H3. The number of ether oxygens (including phenoxy) is 2. The molecule has 1 fully saturated rings. The van der Waals surface area contributed by atoms with Crippen LogP contribution < -0.4 is 4.74 Å². The molecule has 7 nitrogen and oxygen atoms in total. The molecule has 0 aliphatic carbocycles. The van der Waals surface area contributed by atoms with Crippen molar-refractivity contribution in [3.05, 3.63) is 57.8 Å². The number of amides is 1. The number of ketones is 1. The van der Waals surface area contributed by atoms with E-state index in [0.29, 0.717) is 17.9 Å². The number of hydrogen-bond acceptors (Lipinski definition) is 7. The molecule has 1 aromatic heterocycles. The van der Waals surface area contributed by atoms with Crippen molar-refractivity contribution in [1.82, 2.24) is 4.90 Å². The number of aliphatic hydroxyl groups excluding tert-OH is 2. The van der Waals surface area contributed by atoms with E-state index >= 15 is 0 Å². The molecular formula is C21H23NO6S. The zero-order valence-electron chi connectivity index (χ0n) is 16.0. The molecule has 1 unspecified atom stereocenters. The average molecular weight is 417 g/mol. The van der Waals surface area contributed by atoms with Crippen molar-refractivity contribution >= 4 is 28.8 Å². The van der Waals surface area contributed by atoms with Gasteiger partial charge in [0.05, 0.1) is 38.0 Å². The number of nitrogens with zero attached hydrogens (tertiary/aromatic N) is 1. The van der Waals surface area contributed by atoms with Crippen molar-refractivity contribution in [2.75, 3.05) is 33.0 Å². The van der Waals surface area contributed by atoms with Gasteiger partial charge in [-0.3, -0.25) is 9.59 Å². The lowest BCUT2D eigenvalue weighted by Crippen LogP contribution is -2.32. The number of rotatable bonds is 9. The third kappa shape index (κ3) is 4.50. The predicted octanol–water partition coefficient (Wildman–Crippen LogP) is 2.58. The molecule has 1 aliphatic rings. The highest BCUT2D eigenvalue weighted by Crippen LogP contribution is 2.40. The first-order valence-electron chi connectivity index (χ1n) is 9.32. The first-order chi connectivity index (χ1) is 14.1. The van der Waals surface area contributed by atoms with Crippen molar-refractivity contribution < 1.29 is 29.3 Å². The minimum atomic E-state index is -0.725. The predicted molar refractivity (Wildman–Crippen MR) is 109 cm³/mol. The van der Waals surface area contributed by atoms with Crippen LogP contribution in [-0.2, 0) is 14.3 Å². The summed E-state index contributed by atoms with van der Waals surface area (Å²) in [6.07, 6.45) is 0. The zero-order valence-corrected chi connectivity index (χ0v) is 16.9. The molecule has 1 atom stereocenters. The number of carbonyl (C=O) groups excluding carboxylic acids is 2. The molecule has 0 spiro atoms. The normalized spacial score (nSPS) is 18.4. The monoisotopic (exact) mass is 417 g/mol. The molecule has 1 aromatic carbocycles. The summed E-state index contributed by atoms with van der Waals surface area (Å²) < 4.78 is 10.7. The number of thiophene rings is 1. The van der Waals surface area contributed by atoms with Gasteiger partial charge in [0.2, 0.25) is 0 Å². The molecule has 2 aromatic rings. The van der Waals surface area contributed by atoms with E-state index in [-0.39, 0.29) is 37.7 Å². The highest BCUT2D eigenvalue weighted by Gasteiger charge is 2.46. The highest BCUT2D eigenvalue weighted by atomic mass is 32.1. The first kappa shape index (κ1) is 21.0. The Bertz CT molecular complexity index is 875. The van der Waals surface area contributed by atoms with Crippen LogP contribution in [0.25, 0.3) is 5.76 Å². The largest absolute Gasteiger partial charge is 0.507 e. The Hall–Kier alpha value is -2.68. The molecule has 2 N–H and O–H groups in total. The summed E-state index contributed by atoms with van der Waals surface area (Å²) in [6.45, 7) is 2.78. The van der Waals surface area contributed by atoms with E-state index in [1.807, 2.05) is 24.4 Å². The van der Waals surface area contributed by atoms with E-state index < -0.39 is 17.7 Å². The van der Waals surface area contributed by atoms with Crippen LogP contribution in [-0.4, -0.2) is 59.8 Å². The number of likely N-dealkylation sites (tertiary alicyclic amines) is 1. The van der Waals surface area contributed by atoms with Crippen LogP contribution in [0.1, 0.15) is 23.4 Å². The van der Waals surface area contributed by atoms with Gasteiger partial charge in [0.1, 0.15) is 11.5 Å². The first-order valence-corrected chi connectivity index (χ1v) is 10.2. The number of aliphatic hydroxyl groups is 2. The summed E-state index contributed by atoms with van der Waals surface area (Å²) >= 11 is 1.40. The van der Waals surface area contributed by atoms with Gasteiger partial charge in [-0.05, 0) is 42.6 Å². The summed E-state index contributed by atoms with van der Waals surface area (Å²) in [5.74, 6) is -0.968. The van der Waals surface area contributed by atoms with Gasteiger partial charge < -0.3 is 24.6 Å². The summed E-state index contributed by atoms with van der Waals surface area (Å²) in [5.41, 5.74) is 0.494. The minimum Gasteiger partial charge on any atom is -0.507 e. The van der Waals surface area contributed by atoms with Gasteiger partial charge in [-0.25, -0.2) is 0 Å². The van der Waals surface area contributed by atoms with Crippen molar-refractivity contribution in [2.45, 2.75) is 13.0 Å². The molecule has 1 amide bonds. The Kier molecular flexibility index (Phi) is 7.03. The number of hydrogen-bond donors (Lipinski definition) is 2. The summed E-state index contributed by atoms with van der Waals surface area (Å²) in [6, 6.07) is 9.70. The van der Waals surface area contributed by atoms with Gasteiger partial charge in [0, 0.05) is 17.0 Å². The van der Waals surface area contributed by atoms with Crippen molar-refractivity contribution in [2.24, 2.45) is 0 Å². The second-order valence-electron chi connectivity index (χ2n) is 6.30. The fraction of sp³-hybridized carbons (Fsp3) is 0.333. The van der Waals surface area contributed by atoms with Crippen molar-refractivity contribution in [3.8, 4) is 5.75 Å². The summed E-state index contributed by atoms with van der Waals surface area (Å²) in [7, 11) is 0. The van der Waals surface area contributed by atoms with Crippen LogP contribution in [0, 0.1) is 0 Å². The Labute approximate surface area is 172 Å². The molecule has 1 aliphatic heterocycles. The lowest BCUT2D eigenvalue weighted by atomic mass is 10.00. The molecule has 2 heterocycles. The number of benzene rings is 1. The number of carbonyl (C=O) groups is 2. The van der Waals surface area contributed by atoms with E-state index in [4.69, 9.17) is 14.6 Å². The van der Waals surface area contributed by atoms with Crippen LogP contribution >= 0.6 is 11.3 Å². The van der Waals surface area contributed by atoms with Gasteiger partial charge >= 0.3 is 0 Å². The molecule has 0 bridgehead atoms. The van der Waals surface area contributed by atoms with E-state index in [9.17, 15) is 14.7 Å². The Morgan fingerprint density at radius 2 is 1.93 bits per heavy atom. The van der Waals surface area contributed by atoms with Crippen LogP contribution in [0.5, 0.6) is 5.75 Å². The van der Waals surface area contributed by atoms with Crippen LogP contribution in [0.2, 0.25) is 0 Å². The zero-order chi connectivity index (χ0) is 20.8. The molecular weight excluding hydrogens is 394 g/mol. The molecule has 1 saturated heterocycles. The van der Waals surface area contributed by atoms with Gasteiger partial charge in [0.15, 0.2) is 0 Å². The fourth-order valence-corrected chi connectivity index (χ4v) is 4.06. The van der Waals surface area contributed by atoms with E-state index in [1.165, 1.54) is 16.2 Å². The SMILES string of the molecule is CCOc1ccc(C(O)=C2C(=O)C(=O)N(CCOCCO)C2c2cccs2)cc1. The lowest BCUT2D eigenvalue weighted by molar-refractivity contribution is -0.140. The topological polar surface area (TPSA) is 96.3 Å². The summed E-state index contributed by atoms with van der Waals surface area (Å²) in [4.78, 5) is 27.6. The second kappa shape index (κ2) is 9.69. The number of Topliss-reactive ketones (excluding diaryl/α,β-unsaturated/α-hetero) is 1. The van der Waals surface area contributed by atoms with E-state index in [2.05, 4.69) is 0 Å². The fourth-order valence-electron chi connectivity index (χ4n) is 3.21. The maximum Gasteiger partial charge on any atom is 0.295 e. The lowest BCUT2D eigenvalue weighted by Gasteiger charge is -2.24. The van der Waals surface area contributed by atoms with Crippen LogP contribution in [0.3, 0.4) is 0 Å². The van der Waals surface area contributed by atoms with E-state index in [1.54, 1.807) is 24.3 Å². The minimum absolute atomic E-state index is 0.0590. The highest BCUT2D eigenvalue weighted by molar-refractivity contribution is 7.10. The second-order valence-corrected chi connectivity index (χ2v) is 7.28. The maximum absolute atomic E-state index is 12.8. The third-order valence-corrected chi connectivity index (χ3v) is 5.43. The molecule has 29 heavy (non-hydrogen) atoms. The molecule has 0 saturated carbocycles. The smallest absolute Gasteiger partial charge is 0.295 e. The van der Waals surface area contributed by atoms with Gasteiger partial charge in [-0.2, -0.15) is 0 Å². The average Bonchev–Trinajstić information content (AvgIpc) is 3.34. The molecule has 8 heteroatoms. The Morgan fingerprint density at radius 3 is 2.55 bits per heavy atom. The van der Waals surface area contributed by atoms with Crippen LogP contribution in [0.15, 0.2) is 47.4 Å². The molecule has 0 radical (unpaired) electrons. The van der Waals surface area contributed by atoms with Crippen LogP contribution in [0.4, 0.5) is 0 Å². The summed E-state index contributed by atoms with van der Waals surface area (Å²) in [5, 5.41) is 21.6. The van der Waals surface area contributed by atoms with Gasteiger partial charge in [-0.1, -0.05) is 6.07 Å². The maximum atomic E-state index is 12.8. The van der Waals surface area contributed by atoms with E-state index in [0.717, 1.165) is 4.88 Å². The van der Waals surface area contributed by atoms with Gasteiger partial charge in [-0.15, -0.1) is 11.3 Å². The van der Waals surface area contributed by atoms with Crippen molar-refractivity contribution in [1.29, 1.82) is 0 Å². The Balaban J connectivity index is 1.97. The third-order valence-electron chi connectivity index (χ3n) is 4.50. The quantitative estimate of drug-likeness (QED) is 0.282. The molecule has 154 valence electrons. The Morgan fingerprint density at radius 1 is 1.17 bits per heavy atom. The van der Waals surface area contributed by atoms with Gasteiger partial charge in [0.25, 0.3) is 11.7 Å². The molecule has 3 rings (SSSR count).